The molecule has 1 aliphatic rings. The highest BCUT2D eigenvalue weighted by Gasteiger charge is 2.29. The Kier molecular flexibility index (Phi) is 5.75. The number of hydrogen-bond donors (Lipinski definition) is 1. The molecule has 0 bridgehead atoms. The van der Waals surface area contributed by atoms with Crippen LogP contribution in [-0.4, -0.2) is 81.0 Å². The Balaban J connectivity index is 1.94. The van der Waals surface area contributed by atoms with E-state index in [9.17, 15) is 8.42 Å². The second kappa shape index (κ2) is 7.17. The van der Waals surface area contributed by atoms with Crippen LogP contribution in [0.15, 0.2) is 16.3 Å². The lowest BCUT2D eigenvalue weighted by Crippen LogP contribution is -2.49. The summed E-state index contributed by atoms with van der Waals surface area (Å²) in [7, 11) is 0.665. The molecule has 0 aromatic carbocycles. The highest BCUT2D eigenvalue weighted by atomic mass is 32.2. The van der Waals surface area contributed by atoms with Crippen LogP contribution in [0.2, 0.25) is 0 Å². The van der Waals surface area contributed by atoms with Gasteiger partial charge in [0, 0.05) is 49.5 Å². The molecular formula is C13H23N3O3S2. The van der Waals surface area contributed by atoms with Gasteiger partial charge in [0.05, 0.1) is 11.5 Å². The minimum atomic E-state index is -3.41. The lowest BCUT2D eigenvalue weighted by molar-refractivity contribution is 0.174. The first kappa shape index (κ1) is 16.9. The molecule has 1 N–H and O–H groups in total. The molecule has 1 aliphatic heterocycles. The summed E-state index contributed by atoms with van der Waals surface area (Å²) in [5.41, 5.74) is 0. The highest BCUT2D eigenvalue weighted by Crippen LogP contribution is 2.23. The van der Waals surface area contributed by atoms with Gasteiger partial charge >= 0.3 is 0 Å². The van der Waals surface area contributed by atoms with E-state index in [4.69, 9.17) is 5.11 Å². The zero-order valence-corrected chi connectivity index (χ0v) is 14.2. The van der Waals surface area contributed by atoms with Gasteiger partial charge in [0.2, 0.25) is 10.0 Å². The maximum atomic E-state index is 12.5. The van der Waals surface area contributed by atoms with Gasteiger partial charge in [-0.3, -0.25) is 4.90 Å². The monoisotopic (exact) mass is 333 g/mol. The molecule has 0 amide bonds. The van der Waals surface area contributed by atoms with Crippen molar-refractivity contribution < 1.29 is 13.5 Å². The summed E-state index contributed by atoms with van der Waals surface area (Å²) in [6, 6.07) is 1.57. The van der Waals surface area contributed by atoms with E-state index in [-0.39, 0.29) is 6.61 Å². The molecule has 0 aliphatic carbocycles. The molecular weight excluding hydrogens is 310 g/mol. The van der Waals surface area contributed by atoms with Gasteiger partial charge in [0.1, 0.15) is 0 Å². The summed E-state index contributed by atoms with van der Waals surface area (Å²) in [5.74, 6) is 0. The molecule has 2 heterocycles. The summed E-state index contributed by atoms with van der Waals surface area (Å²) in [6.45, 7) is 4.43. The zero-order chi connectivity index (χ0) is 15.5. The standard InChI is InChI=1S/C13H23N3O3S2/c1-14(2)3-4-15-5-7-16(8-6-15)21(18,19)13-9-12(10-17)20-11-13/h9,11,17H,3-8,10H2,1-2H3. The molecule has 2 rings (SSSR count). The van der Waals surface area contributed by atoms with E-state index in [0.29, 0.717) is 22.9 Å². The van der Waals surface area contributed by atoms with E-state index in [0.717, 1.165) is 26.2 Å². The van der Waals surface area contributed by atoms with Gasteiger partial charge in [-0.1, -0.05) is 0 Å². The largest absolute Gasteiger partial charge is 0.391 e. The smallest absolute Gasteiger partial charge is 0.243 e. The Morgan fingerprint density at radius 2 is 1.95 bits per heavy atom. The van der Waals surface area contributed by atoms with Crippen LogP contribution >= 0.6 is 11.3 Å². The van der Waals surface area contributed by atoms with Crippen molar-refractivity contribution in [3.8, 4) is 0 Å². The minimum absolute atomic E-state index is 0.113. The van der Waals surface area contributed by atoms with Crippen molar-refractivity contribution in [3.63, 3.8) is 0 Å². The van der Waals surface area contributed by atoms with Crippen LogP contribution < -0.4 is 0 Å². The van der Waals surface area contributed by atoms with Gasteiger partial charge in [-0.05, 0) is 20.2 Å². The molecule has 0 unspecified atom stereocenters. The van der Waals surface area contributed by atoms with Crippen molar-refractivity contribution in [3.05, 3.63) is 16.3 Å². The Bertz CT molecular complexity index is 549. The molecule has 0 radical (unpaired) electrons. The molecule has 0 spiro atoms. The van der Waals surface area contributed by atoms with Gasteiger partial charge < -0.3 is 10.0 Å². The van der Waals surface area contributed by atoms with Crippen LogP contribution in [0.1, 0.15) is 4.88 Å². The number of nitrogens with zero attached hydrogens (tertiary/aromatic N) is 3. The third-order valence-electron chi connectivity index (χ3n) is 3.62. The van der Waals surface area contributed by atoms with Crippen LogP contribution in [0.3, 0.4) is 0 Å². The first-order valence-corrected chi connectivity index (χ1v) is 9.31. The molecule has 1 aromatic heterocycles. The average Bonchev–Trinajstić information content (AvgIpc) is 2.95. The third kappa shape index (κ3) is 4.24. The van der Waals surface area contributed by atoms with E-state index < -0.39 is 10.0 Å². The fraction of sp³-hybridized carbons (Fsp3) is 0.692. The van der Waals surface area contributed by atoms with Gasteiger partial charge in [-0.25, -0.2) is 8.42 Å². The molecule has 6 nitrogen and oxygen atoms in total. The second-order valence-electron chi connectivity index (χ2n) is 5.46. The van der Waals surface area contributed by atoms with Gasteiger partial charge in [0.25, 0.3) is 0 Å². The van der Waals surface area contributed by atoms with Gasteiger partial charge in [-0.15, -0.1) is 11.3 Å². The predicted molar refractivity (Wildman–Crippen MR) is 84.0 cm³/mol. The van der Waals surface area contributed by atoms with Crippen molar-refractivity contribution >= 4 is 21.4 Å². The maximum Gasteiger partial charge on any atom is 0.243 e. The third-order valence-corrected chi connectivity index (χ3v) is 6.57. The molecule has 21 heavy (non-hydrogen) atoms. The molecule has 0 saturated carbocycles. The van der Waals surface area contributed by atoms with Gasteiger partial charge in [0.15, 0.2) is 0 Å². The summed E-state index contributed by atoms with van der Waals surface area (Å²) >= 11 is 1.28. The predicted octanol–water partition coefficient (Wildman–Crippen LogP) is 0.108. The summed E-state index contributed by atoms with van der Waals surface area (Å²) in [5, 5.41) is 10.7. The first-order chi connectivity index (χ1) is 9.93. The average molecular weight is 333 g/mol. The Morgan fingerprint density at radius 1 is 1.29 bits per heavy atom. The Labute approximate surface area is 130 Å². The van der Waals surface area contributed by atoms with Crippen molar-refractivity contribution in [2.24, 2.45) is 0 Å². The number of piperazine rings is 1. The normalized spacial score (nSPS) is 18.5. The fourth-order valence-electron chi connectivity index (χ4n) is 2.26. The number of aliphatic hydroxyl groups excluding tert-OH is 1. The van der Waals surface area contributed by atoms with Crippen molar-refractivity contribution in [1.29, 1.82) is 0 Å². The van der Waals surface area contributed by atoms with Crippen LogP contribution in [0.5, 0.6) is 0 Å². The second-order valence-corrected chi connectivity index (χ2v) is 8.39. The number of thiophene rings is 1. The molecule has 1 fully saturated rings. The summed E-state index contributed by atoms with van der Waals surface area (Å²) in [4.78, 5) is 5.40. The van der Waals surface area contributed by atoms with Crippen molar-refractivity contribution in [2.45, 2.75) is 11.5 Å². The molecule has 0 atom stereocenters. The van der Waals surface area contributed by atoms with Crippen LogP contribution in [0, 0.1) is 0 Å². The fourth-order valence-corrected chi connectivity index (χ4v) is 4.81. The number of rotatable bonds is 6. The molecule has 120 valence electrons. The molecule has 1 aromatic rings. The van der Waals surface area contributed by atoms with Crippen LogP contribution in [0.25, 0.3) is 0 Å². The molecule has 8 heteroatoms. The van der Waals surface area contributed by atoms with Crippen LogP contribution in [0.4, 0.5) is 0 Å². The summed E-state index contributed by atoms with van der Waals surface area (Å²) in [6.07, 6.45) is 0. The molecule has 1 saturated heterocycles. The number of sulfonamides is 1. The van der Waals surface area contributed by atoms with E-state index in [1.807, 2.05) is 14.1 Å². The van der Waals surface area contributed by atoms with Crippen LogP contribution in [-0.2, 0) is 16.6 Å². The minimum Gasteiger partial charge on any atom is -0.391 e. The SMILES string of the molecule is CN(C)CCN1CCN(S(=O)(=O)c2csc(CO)c2)CC1. The van der Waals surface area contributed by atoms with E-state index >= 15 is 0 Å². The van der Waals surface area contributed by atoms with Crippen molar-refractivity contribution in [1.82, 2.24) is 14.1 Å². The maximum absolute atomic E-state index is 12.5. The topological polar surface area (TPSA) is 64.1 Å². The van der Waals surface area contributed by atoms with E-state index in [1.54, 1.807) is 15.8 Å². The summed E-state index contributed by atoms with van der Waals surface area (Å²) < 4.78 is 26.6. The van der Waals surface area contributed by atoms with Gasteiger partial charge in [-0.2, -0.15) is 4.31 Å². The highest BCUT2D eigenvalue weighted by molar-refractivity contribution is 7.89. The van der Waals surface area contributed by atoms with E-state index in [1.165, 1.54) is 11.3 Å². The lowest BCUT2D eigenvalue weighted by atomic mass is 10.3. The number of likely N-dealkylation sites (N-methyl/N-ethyl adjacent to an activating group) is 1. The first-order valence-electron chi connectivity index (χ1n) is 6.99. The quantitative estimate of drug-likeness (QED) is 0.800. The Hall–Kier alpha value is -0.510. The zero-order valence-electron chi connectivity index (χ0n) is 12.5. The number of aliphatic hydroxyl groups is 1. The van der Waals surface area contributed by atoms with Crippen molar-refractivity contribution in [2.75, 3.05) is 53.4 Å². The van der Waals surface area contributed by atoms with E-state index in [2.05, 4.69) is 9.80 Å². The Morgan fingerprint density at radius 3 is 2.48 bits per heavy atom. The number of hydrogen-bond acceptors (Lipinski definition) is 6. The lowest BCUT2D eigenvalue weighted by Gasteiger charge is -2.34.